The van der Waals surface area contributed by atoms with Crippen molar-refractivity contribution in [1.82, 2.24) is 4.90 Å². The zero-order chi connectivity index (χ0) is 33.4. The Labute approximate surface area is 281 Å². The monoisotopic (exact) mass is 646 g/mol. The van der Waals surface area contributed by atoms with E-state index in [0.717, 1.165) is 30.0 Å². The lowest BCUT2D eigenvalue weighted by atomic mass is 9.77. The van der Waals surface area contributed by atoms with Crippen LogP contribution in [-0.4, -0.2) is 84.3 Å². The standard InChI is InChI=1S/C39H42N4O5/c1-3-40(4-2)28-18-20-30(21-19-28)42-24-12-22-39-34(33-32(48-39)17-11-23-41(36(33)45)29-15-9-6-10-16-29)37(46)43(35(39)38(42)47)31(26-44)25-27-13-7-5-8-14-27/h5-22,31-35,44H,3-4,23-26H2,1-2H3/t31-,32+,33-,34+,35?,39+/m1/s1. The SMILES string of the molecule is CCN(CC)c1ccc(N2CC=C[C@]34O[C@H]5C=CCN(c6ccccc6)C(=O)[C@H]5[C@H]3C(=O)N([C@@H](CO)Cc3ccccc3)C4C2=O)cc1. The highest BCUT2D eigenvalue weighted by Crippen LogP contribution is 2.54. The third-order valence-corrected chi connectivity index (χ3v) is 10.4. The van der Waals surface area contributed by atoms with Gasteiger partial charge in [-0.15, -0.1) is 0 Å². The number of ether oxygens (including phenoxy) is 1. The van der Waals surface area contributed by atoms with Crippen LogP contribution in [0.25, 0.3) is 0 Å². The number of benzene rings is 3. The molecule has 4 heterocycles. The molecular weight excluding hydrogens is 604 g/mol. The fourth-order valence-electron chi connectivity index (χ4n) is 8.11. The third kappa shape index (κ3) is 5.22. The van der Waals surface area contributed by atoms with E-state index in [1.54, 1.807) is 9.80 Å². The molecule has 2 saturated heterocycles. The number of nitrogens with zero attached hydrogens (tertiary/aromatic N) is 4. The van der Waals surface area contributed by atoms with Gasteiger partial charge in [-0.1, -0.05) is 72.8 Å². The van der Waals surface area contributed by atoms with E-state index < -0.39 is 35.6 Å². The molecule has 9 heteroatoms. The Bertz CT molecular complexity index is 1710. The molecular formula is C39H42N4O5. The van der Waals surface area contributed by atoms with E-state index in [4.69, 9.17) is 4.74 Å². The highest BCUT2D eigenvalue weighted by atomic mass is 16.5. The van der Waals surface area contributed by atoms with E-state index in [9.17, 15) is 19.5 Å². The molecule has 3 aromatic rings. The van der Waals surface area contributed by atoms with E-state index in [0.29, 0.717) is 18.7 Å². The smallest absolute Gasteiger partial charge is 0.253 e. The largest absolute Gasteiger partial charge is 0.394 e. The first-order valence-electron chi connectivity index (χ1n) is 16.9. The van der Waals surface area contributed by atoms with E-state index in [1.165, 1.54) is 4.90 Å². The van der Waals surface area contributed by atoms with Crippen molar-refractivity contribution in [2.45, 2.75) is 44.1 Å². The molecule has 0 radical (unpaired) electrons. The van der Waals surface area contributed by atoms with Crippen molar-refractivity contribution in [3.63, 3.8) is 0 Å². The number of carbonyl (C=O) groups excluding carboxylic acids is 3. The molecule has 0 aliphatic carbocycles. The number of rotatable bonds is 9. The molecule has 7 rings (SSSR count). The van der Waals surface area contributed by atoms with Gasteiger partial charge in [0.2, 0.25) is 11.8 Å². The molecule has 3 amide bonds. The number of para-hydroxylation sites is 1. The fourth-order valence-corrected chi connectivity index (χ4v) is 8.11. The summed E-state index contributed by atoms with van der Waals surface area (Å²) in [5, 5.41) is 10.8. The summed E-state index contributed by atoms with van der Waals surface area (Å²) in [5.41, 5.74) is 2.03. The third-order valence-electron chi connectivity index (χ3n) is 10.4. The molecule has 1 spiro atoms. The van der Waals surface area contributed by atoms with Gasteiger partial charge in [-0.3, -0.25) is 14.4 Å². The molecule has 248 valence electrons. The Hall–Kier alpha value is -4.73. The minimum atomic E-state index is -1.40. The van der Waals surface area contributed by atoms with Gasteiger partial charge in [0.1, 0.15) is 11.6 Å². The summed E-state index contributed by atoms with van der Waals surface area (Å²) in [5.74, 6) is -2.67. The van der Waals surface area contributed by atoms with E-state index in [2.05, 4.69) is 18.7 Å². The van der Waals surface area contributed by atoms with Gasteiger partial charge in [0.15, 0.2) is 0 Å². The van der Waals surface area contributed by atoms with Crippen molar-refractivity contribution >= 4 is 34.8 Å². The summed E-state index contributed by atoms with van der Waals surface area (Å²) >= 11 is 0. The summed E-state index contributed by atoms with van der Waals surface area (Å²) in [6.07, 6.45) is 7.16. The lowest BCUT2D eigenvalue weighted by Gasteiger charge is -2.38. The first kappa shape index (κ1) is 31.8. The maximum Gasteiger partial charge on any atom is 0.253 e. The maximum atomic E-state index is 15.0. The summed E-state index contributed by atoms with van der Waals surface area (Å²) in [6, 6.07) is 25.2. The average Bonchev–Trinajstić information content (AvgIpc) is 3.44. The first-order valence-corrected chi connectivity index (χ1v) is 16.9. The van der Waals surface area contributed by atoms with E-state index in [1.807, 2.05) is 109 Å². The number of aliphatic hydroxyl groups excluding tert-OH is 1. The Kier molecular flexibility index (Phi) is 8.66. The number of anilines is 3. The minimum absolute atomic E-state index is 0.218. The molecule has 0 aromatic heterocycles. The summed E-state index contributed by atoms with van der Waals surface area (Å²) in [4.78, 5) is 51.5. The molecule has 0 bridgehead atoms. The van der Waals surface area contributed by atoms with Gasteiger partial charge < -0.3 is 29.4 Å². The first-order chi connectivity index (χ1) is 23.4. The molecule has 4 aliphatic heterocycles. The molecule has 9 nitrogen and oxygen atoms in total. The molecule has 0 saturated carbocycles. The minimum Gasteiger partial charge on any atom is -0.394 e. The maximum absolute atomic E-state index is 15.0. The van der Waals surface area contributed by atoms with Crippen LogP contribution in [0.1, 0.15) is 19.4 Å². The van der Waals surface area contributed by atoms with Gasteiger partial charge in [-0.25, -0.2) is 0 Å². The Morgan fingerprint density at radius 3 is 2.10 bits per heavy atom. The Morgan fingerprint density at radius 1 is 0.812 bits per heavy atom. The van der Waals surface area contributed by atoms with E-state index >= 15 is 0 Å². The van der Waals surface area contributed by atoms with Crippen molar-refractivity contribution in [1.29, 1.82) is 0 Å². The van der Waals surface area contributed by atoms with Crippen LogP contribution in [-0.2, 0) is 25.5 Å². The molecule has 1 N–H and O–H groups in total. The predicted molar refractivity (Wildman–Crippen MR) is 186 cm³/mol. The number of aliphatic hydroxyl groups is 1. The molecule has 3 aromatic carbocycles. The summed E-state index contributed by atoms with van der Waals surface area (Å²) in [6.45, 7) is 6.21. The molecule has 1 unspecified atom stereocenters. The van der Waals surface area contributed by atoms with Gasteiger partial charge in [0.05, 0.1) is 30.6 Å². The van der Waals surface area contributed by atoms with Gasteiger partial charge in [-0.05, 0) is 62.2 Å². The predicted octanol–water partition coefficient (Wildman–Crippen LogP) is 4.22. The highest BCUT2D eigenvalue weighted by molar-refractivity contribution is 6.07. The highest BCUT2D eigenvalue weighted by Gasteiger charge is 2.72. The molecule has 2 fully saturated rings. The zero-order valence-electron chi connectivity index (χ0n) is 27.4. The number of hydrogen-bond donors (Lipinski definition) is 1. The van der Waals surface area contributed by atoms with Crippen molar-refractivity contribution in [3.8, 4) is 0 Å². The van der Waals surface area contributed by atoms with Gasteiger partial charge >= 0.3 is 0 Å². The van der Waals surface area contributed by atoms with Gasteiger partial charge in [-0.2, -0.15) is 0 Å². The fraction of sp³-hybridized carbons (Fsp3) is 0.359. The van der Waals surface area contributed by atoms with Crippen LogP contribution in [0.3, 0.4) is 0 Å². The number of carbonyl (C=O) groups is 3. The van der Waals surface area contributed by atoms with Gasteiger partial charge in [0.25, 0.3) is 5.91 Å². The quantitative estimate of drug-likeness (QED) is 0.350. The van der Waals surface area contributed by atoms with Crippen LogP contribution in [0, 0.1) is 11.8 Å². The zero-order valence-corrected chi connectivity index (χ0v) is 27.4. The Morgan fingerprint density at radius 2 is 1.44 bits per heavy atom. The van der Waals surface area contributed by atoms with Crippen LogP contribution in [0.5, 0.6) is 0 Å². The molecule has 4 aliphatic rings. The number of hydrogen-bond acceptors (Lipinski definition) is 6. The van der Waals surface area contributed by atoms with Crippen molar-refractivity contribution in [2.75, 3.05) is 47.5 Å². The average molecular weight is 647 g/mol. The normalized spacial score (nSPS) is 27.0. The van der Waals surface area contributed by atoms with Crippen molar-refractivity contribution < 1.29 is 24.2 Å². The molecule has 6 atom stereocenters. The van der Waals surface area contributed by atoms with Crippen molar-refractivity contribution in [3.05, 3.63) is 115 Å². The lowest BCUT2D eigenvalue weighted by Crippen LogP contribution is -2.58. The second kappa shape index (κ2) is 13.1. The Balaban J connectivity index is 1.31. The van der Waals surface area contributed by atoms with Crippen LogP contribution in [0.4, 0.5) is 17.1 Å². The number of amides is 3. The van der Waals surface area contributed by atoms with E-state index in [-0.39, 0.29) is 30.9 Å². The van der Waals surface area contributed by atoms with Crippen LogP contribution in [0.15, 0.2) is 109 Å². The number of fused-ring (bicyclic) bond motifs is 2. The van der Waals surface area contributed by atoms with Crippen LogP contribution < -0.4 is 14.7 Å². The molecule has 48 heavy (non-hydrogen) atoms. The second-order valence-electron chi connectivity index (χ2n) is 12.9. The lowest BCUT2D eigenvalue weighted by molar-refractivity contribution is -0.144. The van der Waals surface area contributed by atoms with Gasteiger partial charge in [0, 0.05) is 43.2 Å². The summed E-state index contributed by atoms with van der Waals surface area (Å²) < 4.78 is 6.86. The second-order valence-corrected chi connectivity index (χ2v) is 12.9. The van der Waals surface area contributed by atoms with Crippen molar-refractivity contribution in [2.24, 2.45) is 11.8 Å². The van der Waals surface area contributed by atoms with Crippen LogP contribution in [0.2, 0.25) is 0 Å². The van der Waals surface area contributed by atoms with Crippen LogP contribution >= 0.6 is 0 Å². The topological polar surface area (TPSA) is 93.6 Å². The number of likely N-dealkylation sites (tertiary alicyclic amines) is 1. The summed E-state index contributed by atoms with van der Waals surface area (Å²) in [7, 11) is 0.